The van der Waals surface area contributed by atoms with E-state index in [4.69, 9.17) is 10.2 Å². The Morgan fingerprint density at radius 2 is 2.25 bits per heavy atom. The van der Waals surface area contributed by atoms with Crippen LogP contribution in [0.2, 0.25) is 0 Å². The summed E-state index contributed by atoms with van der Waals surface area (Å²) in [7, 11) is 2.01. The average molecular weight is 173 g/mol. The molecule has 0 saturated carbocycles. The number of aliphatic hydroxyl groups excluding tert-OH is 1. The molecule has 0 aliphatic carbocycles. The molecule has 70 valence electrons. The SMILES string of the molecule is CN1CC(CC(CO)C(=O)O)C1. The van der Waals surface area contributed by atoms with Crippen molar-refractivity contribution in [2.45, 2.75) is 6.42 Å². The molecule has 1 unspecified atom stereocenters. The molecule has 1 saturated heterocycles. The van der Waals surface area contributed by atoms with Gasteiger partial charge in [0, 0.05) is 13.1 Å². The molecule has 0 aromatic heterocycles. The Morgan fingerprint density at radius 3 is 2.58 bits per heavy atom. The summed E-state index contributed by atoms with van der Waals surface area (Å²) in [5.74, 6) is -0.987. The number of rotatable bonds is 4. The Labute approximate surface area is 71.8 Å². The molecule has 1 atom stereocenters. The number of carbonyl (C=O) groups is 1. The van der Waals surface area contributed by atoms with Crippen LogP contribution in [0.25, 0.3) is 0 Å². The Kier molecular flexibility index (Phi) is 3.05. The molecule has 0 aromatic carbocycles. The quantitative estimate of drug-likeness (QED) is 0.609. The van der Waals surface area contributed by atoms with Crippen molar-refractivity contribution in [3.8, 4) is 0 Å². The standard InChI is InChI=1S/C8H15NO3/c1-9-3-6(4-9)2-7(5-10)8(11)12/h6-7,10H,2-5H2,1H3,(H,11,12). The lowest BCUT2D eigenvalue weighted by Gasteiger charge is -2.37. The molecule has 4 nitrogen and oxygen atoms in total. The second-order valence-electron chi connectivity index (χ2n) is 3.54. The van der Waals surface area contributed by atoms with Crippen molar-refractivity contribution in [2.24, 2.45) is 11.8 Å². The molecule has 0 bridgehead atoms. The fourth-order valence-corrected chi connectivity index (χ4v) is 1.63. The van der Waals surface area contributed by atoms with Gasteiger partial charge in [-0.2, -0.15) is 0 Å². The van der Waals surface area contributed by atoms with Crippen LogP contribution in [0, 0.1) is 11.8 Å². The highest BCUT2D eigenvalue weighted by atomic mass is 16.4. The zero-order valence-electron chi connectivity index (χ0n) is 7.23. The normalized spacial score (nSPS) is 21.8. The van der Waals surface area contributed by atoms with E-state index < -0.39 is 11.9 Å². The second-order valence-corrected chi connectivity index (χ2v) is 3.54. The molecule has 0 aromatic rings. The van der Waals surface area contributed by atoms with Gasteiger partial charge in [0.1, 0.15) is 0 Å². The summed E-state index contributed by atoms with van der Waals surface area (Å²) in [5, 5.41) is 17.4. The minimum Gasteiger partial charge on any atom is -0.481 e. The summed E-state index contributed by atoms with van der Waals surface area (Å²) < 4.78 is 0. The van der Waals surface area contributed by atoms with Gasteiger partial charge in [-0.1, -0.05) is 0 Å². The summed E-state index contributed by atoms with van der Waals surface area (Å²) in [6.07, 6.45) is 0.607. The first-order valence-electron chi connectivity index (χ1n) is 4.15. The highest BCUT2D eigenvalue weighted by Crippen LogP contribution is 2.21. The average Bonchev–Trinajstić information content (AvgIpc) is 1.95. The van der Waals surface area contributed by atoms with Crippen LogP contribution in [0.3, 0.4) is 0 Å². The van der Waals surface area contributed by atoms with E-state index in [1.165, 1.54) is 0 Å². The second kappa shape index (κ2) is 3.87. The van der Waals surface area contributed by atoms with Crippen LogP contribution in [0.1, 0.15) is 6.42 Å². The predicted molar refractivity (Wildman–Crippen MR) is 43.8 cm³/mol. The lowest BCUT2D eigenvalue weighted by Crippen LogP contribution is -2.45. The number of hydrogen-bond acceptors (Lipinski definition) is 3. The van der Waals surface area contributed by atoms with Crippen molar-refractivity contribution < 1.29 is 15.0 Å². The zero-order chi connectivity index (χ0) is 9.14. The first-order chi connectivity index (χ1) is 5.63. The summed E-state index contributed by atoms with van der Waals surface area (Å²) in [5.41, 5.74) is 0. The van der Waals surface area contributed by atoms with Gasteiger partial charge >= 0.3 is 5.97 Å². The number of carboxylic acid groups (broad SMARTS) is 1. The van der Waals surface area contributed by atoms with E-state index in [0.717, 1.165) is 13.1 Å². The van der Waals surface area contributed by atoms with E-state index in [9.17, 15) is 4.79 Å². The van der Waals surface area contributed by atoms with Gasteiger partial charge < -0.3 is 15.1 Å². The van der Waals surface area contributed by atoms with E-state index >= 15 is 0 Å². The first kappa shape index (κ1) is 9.48. The number of hydrogen-bond donors (Lipinski definition) is 2. The molecule has 1 heterocycles. The molecular formula is C8H15NO3. The highest BCUT2D eigenvalue weighted by molar-refractivity contribution is 5.70. The lowest BCUT2D eigenvalue weighted by molar-refractivity contribution is -0.144. The van der Waals surface area contributed by atoms with E-state index in [-0.39, 0.29) is 6.61 Å². The first-order valence-corrected chi connectivity index (χ1v) is 4.15. The van der Waals surface area contributed by atoms with Gasteiger partial charge in [-0.15, -0.1) is 0 Å². The van der Waals surface area contributed by atoms with Gasteiger partial charge in [0.25, 0.3) is 0 Å². The molecule has 1 rings (SSSR count). The third-order valence-corrected chi connectivity index (χ3v) is 2.33. The highest BCUT2D eigenvalue weighted by Gasteiger charge is 2.28. The van der Waals surface area contributed by atoms with Crippen molar-refractivity contribution in [2.75, 3.05) is 26.7 Å². The van der Waals surface area contributed by atoms with Gasteiger partial charge in [-0.05, 0) is 19.4 Å². The predicted octanol–water partition coefficient (Wildman–Crippen LogP) is -0.369. The van der Waals surface area contributed by atoms with Gasteiger partial charge in [-0.3, -0.25) is 4.79 Å². The molecule has 4 heteroatoms. The Bertz CT molecular complexity index is 166. The maximum Gasteiger partial charge on any atom is 0.308 e. The van der Waals surface area contributed by atoms with Gasteiger partial charge in [-0.25, -0.2) is 0 Å². The van der Waals surface area contributed by atoms with E-state index in [0.29, 0.717) is 12.3 Å². The molecular weight excluding hydrogens is 158 g/mol. The summed E-state index contributed by atoms with van der Waals surface area (Å²) >= 11 is 0. The van der Waals surface area contributed by atoms with Crippen molar-refractivity contribution in [1.82, 2.24) is 4.90 Å². The number of likely N-dealkylation sites (tertiary alicyclic amines) is 1. The monoisotopic (exact) mass is 173 g/mol. The fraction of sp³-hybridized carbons (Fsp3) is 0.875. The molecule has 0 amide bonds. The molecule has 1 aliphatic heterocycles. The summed E-state index contributed by atoms with van der Waals surface area (Å²) in [4.78, 5) is 12.7. The van der Waals surface area contributed by atoms with Crippen LogP contribution in [-0.4, -0.2) is 47.8 Å². The lowest BCUT2D eigenvalue weighted by atomic mass is 9.89. The van der Waals surface area contributed by atoms with Gasteiger partial charge in [0.15, 0.2) is 0 Å². The van der Waals surface area contributed by atoms with Crippen molar-refractivity contribution in [3.05, 3.63) is 0 Å². The Morgan fingerprint density at radius 1 is 1.67 bits per heavy atom. The van der Waals surface area contributed by atoms with Crippen molar-refractivity contribution in [1.29, 1.82) is 0 Å². The summed E-state index contributed by atoms with van der Waals surface area (Å²) in [6.45, 7) is 1.68. The molecule has 0 radical (unpaired) electrons. The van der Waals surface area contributed by atoms with Crippen LogP contribution >= 0.6 is 0 Å². The van der Waals surface area contributed by atoms with Crippen LogP contribution in [0.5, 0.6) is 0 Å². The van der Waals surface area contributed by atoms with Gasteiger partial charge in [0.05, 0.1) is 12.5 Å². The van der Waals surface area contributed by atoms with Crippen LogP contribution < -0.4 is 0 Å². The van der Waals surface area contributed by atoms with Crippen LogP contribution in [0.4, 0.5) is 0 Å². The molecule has 0 spiro atoms. The smallest absolute Gasteiger partial charge is 0.308 e. The van der Waals surface area contributed by atoms with Crippen molar-refractivity contribution >= 4 is 5.97 Å². The third kappa shape index (κ3) is 2.19. The number of carboxylic acids is 1. The molecule has 1 fully saturated rings. The zero-order valence-corrected chi connectivity index (χ0v) is 7.23. The Balaban J connectivity index is 2.24. The van der Waals surface area contributed by atoms with Crippen LogP contribution in [0.15, 0.2) is 0 Å². The van der Waals surface area contributed by atoms with Crippen LogP contribution in [-0.2, 0) is 4.79 Å². The number of nitrogens with zero attached hydrogens (tertiary/aromatic N) is 1. The molecule has 1 aliphatic rings. The molecule has 12 heavy (non-hydrogen) atoms. The van der Waals surface area contributed by atoms with Gasteiger partial charge in [0.2, 0.25) is 0 Å². The third-order valence-electron chi connectivity index (χ3n) is 2.33. The fourth-order valence-electron chi connectivity index (χ4n) is 1.63. The largest absolute Gasteiger partial charge is 0.481 e. The topological polar surface area (TPSA) is 60.8 Å². The van der Waals surface area contributed by atoms with E-state index in [2.05, 4.69) is 4.90 Å². The minimum atomic E-state index is -0.882. The Hall–Kier alpha value is -0.610. The van der Waals surface area contributed by atoms with Crippen molar-refractivity contribution in [3.63, 3.8) is 0 Å². The minimum absolute atomic E-state index is 0.241. The number of aliphatic hydroxyl groups is 1. The molecule has 2 N–H and O–H groups in total. The van der Waals surface area contributed by atoms with E-state index in [1.54, 1.807) is 0 Å². The van der Waals surface area contributed by atoms with E-state index in [1.807, 2.05) is 7.05 Å². The number of aliphatic carboxylic acids is 1. The summed E-state index contributed by atoms with van der Waals surface area (Å²) in [6, 6.07) is 0. The maximum absolute atomic E-state index is 10.5. The maximum atomic E-state index is 10.5.